The monoisotopic (exact) mass is 368 g/mol. The van der Waals surface area contributed by atoms with Gasteiger partial charge in [-0.25, -0.2) is 9.97 Å². The highest BCUT2D eigenvalue weighted by molar-refractivity contribution is 6.31. The first-order valence-electron chi connectivity index (χ1n) is 8.41. The van der Waals surface area contributed by atoms with Crippen LogP contribution in [0.2, 0.25) is 5.02 Å². The smallest absolute Gasteiger partial charge is 0.163 e. The van der Waals surface area contributed by atoms with Gasteiger partial charge in [0.15, 0.2) is 5.82 Å². The molecular formula is C20H21ClN4O. The van der Waals surface area contributed by atoms with Crippen LogP contribution < -0.4 is 10.6 Å². The van der Waals surface area contributed by atoms with Crippen molar-refractivity contribution in [1.82, 2.24) is 9.97 Å². The molecule has 0 saturated carbocycles. The Morgan fingerprint density at radius 3 is 2.35 bits per heavy atom. The van der Waals surface area contributed by atoms with Crippen molar-refractivity contribution in [2.45, 2.75) is 6.54 Å². The molecule has 2 N–H and O–H groups in total. The molecule has 0 bridgehead atoms. The number of benzene rings is 2. The van der Waals surface area contributed by atoms with Crippen LogP contribution in [-0.4, -0.2) is 30.2 Å². The summed E-state index contributed by atoms with van der Waals surface area (Å²) in [7, 11) is 1.67. The van der Waals surface area contributed by atoms with Gasteiger partial charge in [0.1, 0.15) is 11.6 Å². The minimum Gasteiger partial charge on any atom is -0.383 e. The van der Waals surface area contributed by atoms with Gasteiger partial charge in [0.2, 0.25) is 0 Å². The van der Waals surface area contributed by atoms with Crippen molar-refractivity contribution in [3.63, 3.8) is 0 Å². The molecule has 0 saturated heterocycles. The molecule has 0 fully saturated rings. The second-order valence-electron chi connectivity index (χ2n) is 5.69. The van der Waals surface area contributed by atoms with E-state index in [0.717, 1.165) is 27.8 Å². The van der Waals surface area contributed by atoms with Crippen LogP contribution in [-0.2, 0) is 11.3 Å². The van der Waals surface area contributed by atoms with Crippen LogP contribution in [0.15, 0.2) is 60.7 Å². The van der Waals surface area contributed by atoms with Gasteiger partial charge in [-0.3, -0.25) is 0 Å². The molecule has 3 rings (SSSR count). The fourth-order valence-electron chi connectivity index (χ4n) is 2.45. The zero-order chi connectivity index (χ0) is 18.2. The number of ether oxygens (including phenoxy) is 1. The summed E-state index contributed by atoms with van der Waals surface area (Å²) in [6, 6.07) is 19.6. The molecule has 3 aromatic rings. The van der Waals surface area contributed by atoms with Crippen molar-refractivity contribution in [2.75, 3.05) is 30.9 Å². The second kappa shape index (κ2) is 9.17. The number of nitrogens with zero attached hydrogens (tertiary/aromatic N) is 2. The summed E-state index contributed by atoms with van der Waals surface area (Å²) in [6.45, 7) is 1.86. The predicted molar refractivity (Wildman–Crippen MR) is 107 cm³/mol. The van der Waals surface area contributed by atoms with E-state index in [2.05, 4.69) is 20.6 Å². The van der Waals surface area contributed by atoms with E-state index < -0.39 is 0 Å². The van der Waals surface area contributed by atoms with Gasteiger partial charge in [-0.2, -0.15) is 0 Å². The van der Waals surface area contributed by atoms with Gasteiger partial charge in [0.25, 0.3) is 0 Å². The van der Waals surface area contributed by atoms with Crippen LogP contribution in [0.1, 0.15) is 5.56 Å². The van der Waals surface area contributed by atoms with E-state index in [1.165, 1.54) is 0 Å². The number of nitrogens with one attached hydrogen (secondary N) is 2. The molecule has 1 aromatic heterocycles. The number of anilines is 2. The largest absolute Gasteiger partial charge is 0.383 e. The van der Waals surface area contributed by atoms with E-state index in [0.29, 0.717) is 25.5 Å². The van der Waals surface area contributed by atoms with Crippen LogP contribution in [0.3, 0.4) is 0 Å². The summed E-state index contributed by atoms with van der Waals surface area (Å²) in [5, 5.41) is 7.33. The highest BCUT2D eigenvalue weighted by atomic mass is 35.5. The van der Waals surface area contributed by atoms with Crippen molar-refractivity contribution in [2.24, 2.45) is 0 Å². The molecule has 0 unspecified atom stereocenters. The predicted octanol–water partition coefficient (Wildman–Crippen LogP) is 4.47. The number of hydrogen-bond acceptors (Lipinski definition) is 5. The first kappa shape index (κ1) is 18.2. The summed E-state index contributed by atoms with van der Waals surface area (Å²) in [5.41, 5.74) is 1.98. The van der Waals surface area contributed by atoms with Crippen molar-refractivity contribution < 1.29 is 4.74 Å². The van der Waals surface area contributed by atoms with E-state index in [1.807, 2.05) is 60.7 Å². The van der Waals surface area contributed by atoms with Crippen molar-refractivity contribution in [3.8, 4) is 11.4 Å². The Bertz CT molecular complexity index is 842. The van der Waals surface area contributed by atoms with E-state index in [4.69, 9.17) is 16.3 Å². The fourth-order valence-corrected chi connectivity index (χ4v) is 2.66. The standard InChI is InChI=1S/C20H21ClN4O/c1-26-12-11-22-18-13-19(23-14-16-9-5-6-10-17(16)21)25-20(24-18)15-7-3-2-4-8-15/h2-10,13H,11-12,14H2,1H3,(H2,22,23,24,25). The lowest BCUT2D eigenvalue weighted by Crippen LogP contribution is -2.11. The maximum atomic E-state index is 6.23. The first-order valence-corrected chi connectivity index (χ1v) is 8.78. The molecule has 6 heteroatoms. The van der Waals surface area contributed by atoms with Crippen molar-refractivity contribution >= 4 is 23.2 Å². The topological polar surface area (TPSA) is 59.1 Å². The van der Waals surface area contributed by atoms with Crippen LogP contribution in [0.25, 0.3) is 11.4 Å². The number of aromatic nitrogens is 2. The maximum absolute atomic E-state index is 6.23. The lowest BCUT2D eigenvalue weighted by molar-refractivity contribution is 0.210. The number of halogens is 1. The summed E-state index contributed by atoms with van der Waals surface area (Å²) in [6.07, 6.45) is 0. The Morgan fingerprint density at radius 2 is 1.62 bits per heavy atom. The fraction of sp³-hybridized carbons (Fsp3) is 0.200. The third-order valence-electron chi connectivity index (χ3n) is 3.79. The second-order valence-corrected chi connectivity index (χ2v) is 6.10. The minimum absolute atomic E-state index is 0.586. The number of methoxy groups -OCH3 is 1. The van der Waals surface area contributed by atoms with Gasteiger partial charge in [0, 0.05) is 36.9 Å². The van der Waals surface area contributed by atoms with Crippen molar-refractivity contribution in [3.05, 3.63) is 71.2 Å². The zero-order valence-electron chi connectivity index (χ0n) is 14.6. The normalized spacial score (nSPS) is 10.5. The Morgan fingerprint density at radius 1 is 0.923 bits per heavy atom. The number of hydrogen-bond donors (Lipinski definition) is 2. The molecule has 1 heterocycles. The molecular weight excluding hydrogens is 348 g/mol. The van der Waals surface area contributed by atoms with Gasteiger partial charge in [-0.1, -0.05) is 60.1 Å². The first-order chi connectivity index (χ1) is 12.8. The zero-order valence-corrected chi connectivity index (χ0v) is 15.3. The molecule has 134 valence electrons. The average molecular weight is 369 g/mol. The lowest BCUT2D eigenvalue weighted by Gasteiger charge is -2.12. The van der Waals surface area contributed by atoms with E-state index >= 15 is 0 Å². The summed E-state index contributed by atoms with van der Waals surface area (Å²) in [4.78, 5) is 9.24. The Hall–Kier alpha value is -2.63. The molecule has 0 amide bonds. The Balaban J connectivity index is 1.83. The van der Waals surface area contributed by atoms with Crippen LogP contribution in [0.5, 0.6) is 0 Å². The molecule has 0 radical (unpaired) electrons. The van der Waals surface area contributed by atoms with Gasteiger partial charge in [-0.05, 0) is 11.6 Å². The quantitative estimate of drug-likeness (QED) is 0.574. The summed E-state index contributed by atoms with van der Waals surface area (Å²) in [5.74, 6) is 2.14. The SMILES string of the molecule is COCCNc1cc(NCc2ccccc2Cl)nc(-c2ccccc2)n1. The third kappa shape index (κ3) is 4.94. The molecule has 0 aliphatic heterocycles. The Kier molecular flexibility index (Phi) is 6.41. The summed E-state index contributed by atoms with van der Waals surface area (Å²) < 4.78 is 5.09. The molecule has 0 spiro atoms. The van der Waals surface area contributed by atoms with E-state index in [1.54, 1.807) is 7.11 Å². The number of rotatable bonds is 8. The van der Waals surface area contributed by atoms with Gasteiger partial charge < -0.3 is 15.4 Å². The minimum atomic E-state index is 0.586. The maximum Gasteiger partial charge on any atom is 0.163 e. The van der Waals surface area contributed by atoms with Crippen LogP contribution in [0.4, 0.5) is 11.6 Å². The van der Waals surface area contributed by atoms with Crippen LogP contribution in [0, 0.1) is 0 Å². The van der Waals surface area contributed by atoms with Crippen molar-refractivity contribution in [1.29, 1.82) is 0 Å². The van der Waals surface area contributed by atoms with Gasteiger partial charge in [0.05, 0.1) is 6.61 Å². The third-order valence-corrected chi connectivity index (χ3v) is 4.16. The van der Waals surface area contributed by atoms with E-state index in [9.17, 15) is 0 Å². The van der Waals surface area contributed by atoms with Crippen LogP contribution >= 0.6 is 11.6 Å². The molecule has 26 heavy (non-hydrogen) atoms. The average Bonchev–Trinajstić information content (AvgIpc) is 2.68. The van der Waals surface area contributed by atoms with Gasteiger partial charge in [-0.15, -0.1) is 0 Å². The molecule has 2 aromatic carbocycles. The Labute approximate surface area is 158 Å². The summed E-state index contributed by atoms with van der Waals surface area (Å²) >= 11 is 6.23. The molecule has 0 atom stereocenters. The molecule has 0 aliphatic carbocycles. The highest BCUT2D eigenvalue weighted by Gasteiger charge is 2.07. The highest BCUT2D eigenvalue weighted by Crippen LogP contribution is 2.21. The van der Waals surface area contributed by atoms with Gasteiger partial charge >= 0.3 is 0 Å². The van der Waals surface area contributed by atoms with E-state index in [-0.39, 0.29) is 0 Å². The molecule has 0 aliphatic rings. The lowest BCUT2D eigenvalue weighted by atomic mass is 10.2. The molecule has 5 nitrogen and oxygen atoms in total.